The highest BCUT2D eigenvalue weighted by Crippen LogP contribution is 2.38. The van der Waals surface area contributed by atoms with Crippen LogP contribution in [0.4, 0.5) is 17.6 Å². The van der Waals surface area contributed by atoms with E-state index >= 15 is 0 Å². The molecule has 3 unspecified atom stereocenters. The molecule has 0 saturated heterocycles. The van der Waals surface area contributed by atoms with Crippen molar-refractivity contribution in [3.8, 4) is 0 Å². The first-order chi connectivity index (χ1) is 9.70. The summed E-state index contributed by atoms with van der Waals surface area (Å²) in [5.41, 5.74) is -1.57. The Labute approximate surface area is 121 Å². The zero-order chi connectivity index (χ0) is 15.8. The number of alkyl halides is 3. The second kappa shape index (κ2) is 5.78. The molecule has 0 radical (unpaired) electrons. The van der Waals surface area contributed by atoms with Crippen molar-refractivity contribution in [1.29, 1.82) is 0 Å². The second-order valence-electron chi connectivity index (χ2n) is 6.02. The van der Waals surface area contributed by atoms with E-state index in [9.17, 15) is 22.4 Å². The third-order valence-corrected chi connectivity index (χ3v) is 4.52. The van der Waals surface area contributed by atoms with Crippen LogP contribution in [0.25, 0.3) is 0 Å². The van der Waals surface area contributed by atoms with Crippen LogP contribution in [0.1, 0.15) is 49.0 Å². The minimum Gasteiger partial charge on any atom is -0.294 e. The number of hydrogen-bond acceptors (Lipinski definition) is 1. The zero-order valence-electron chi connectivity index (χ0n) is 12.0. The molecule has 116 valence electrons. The van der Waals surface area contributed by atoms with Crippen LogP contribution in [-0.4, -0.2) is 5.78 Å². The Morgan fingerprint density at radius 1 is 1.14 bits per heavy atom. The molecule has 0 amide bonds. The average molecular weight is 302 g/mol. The summed E-state index contributed by atoms with van der Waals surface area (Å²) in [7, 11) is 0. The Balaban J connectivity index is 2.33. The minimum atomic E-state index is -4.65. The third kappa shape index (κ3) is 3.44. The maximum Gasteiger partial charge on any atom is 0.417 e. The van der Waals surface area contributed by atoms with E-state index in [1.165, 1.54) is 0 Å². The van der Waals surface area contributed by atoms with Gasteiger partial charge in [0.2, 0.25) is 0 Å². The first-order valence-electron chi connectivity index (χ1n) is 7.11. The van der Waals surface area contributed by atoms with Crippen LogP contribution in [0.2, 0.25) is 0 Å². The van der Waals surface area contributed by atoms with Gasteiger partial charge in [0.15, 0.2) is 5.78 Å². The third-order valence-electron chi connectivity index (χ3n) is 4.52. The van der Waals surface area contributed by atoms with Crippen LogP contribution in [-0.2, 0) is 6.18 Å². The first kappa shape index (κ1) is 16.0. The standard InChI is InChI=1S/C16H18F4O/c1-9-3-4-11(7-10(9)2)15(21)13-8-12(17)5-6-14(13)16(18,19)20/h5-6,8-11H,3-4,7H2,1-2H3. The maximum absolute atomic E-state index is 13.3. The highest BCUT2D eigenvalue weighted by molar-refractivity contribution is 5.99. The summed E-state index contributed by atoms with van der Waals surface area (Å²) in [6, 6.07) is 2.11. The van der Waals surface area contributed by atoms with Gasteiger partial charge in [-0.25, -0.2) is 4.39 Å². The molecule has 1 aromatic rings. The van der Waals surface area contributed by atoms with E-state index in [2.05, 4.69) is 6.92 Å². The summed E-state index contributed by atoms with van der Waals surface area (Å²) in [4.78, 5) is 12.4. The van der Waals surface area contributed by atoms with Crippen molar-refractivity contribution in [3.05, 3.63) is 35.1 Å². The van der Waals surface area contributed by atoms with Crippen LogP contribution in [0, 0.1) is 23.6 Å². The fraction of sp³-hybridized carbons (Fsp3) is 0.562. The van der Waals surface area contributed by atoms with Gasteiger partial charge in [-0.3, -0.25) is 4.79 Å². The summed E-state index contributed by atoms with van der Waals surface area (Å²) < 4.78 is 52.2. The molecule has 5 heteroatoms. The molecular weight excluding hydrogens is 284 g/mol. The minimum absolute atomic E-state index is 0.288. The van der Waals surface area contributed by atoms with Crippen LogP contribution in [0.15, 0.2) is 18.2 Å². The average Bonchev–Trinajstić information content (AvgIpc) is 2.39. The summed E-state index contributed by atoms with van der Waals surface area (Å²) >= 11 is 0. The van der Waals surface area contributed by atoms with Gasteiger partial charge >= 0.3 is 6.18 Å². The number of Topliss-reactive ketones (excluding diaryl/α,β-unsaturated/α-hetero) is 1. The molecule has 1 aromatic carbocycles. The quantitative estimate of drug-likeness (QED) is 0.548. The Morgan fingerprint density at radius 2 is 1.81 bits per heavy atom. The molecule has 1 fully saturated rings. The predicted molar refractivity (Wildman–Crippen MR) is 71.4 cm³/mol. The number of carbonyl (C=O) groups excluding carboxylic acids is 1. The van der Waals surface area contributed by atoms with E-state index in [1.54, 1.807) is 0 Å². The Hall–Kier alpha value is -1.39. The van der Waals surface area contributed by atoms with Crippen LogP contribution >= 0.6 is 0 Å². The van der Waals surface area contributed by atoms with Crippen LogP contribution < -0.4 is 0 Å². The summed E-state index contributed by atoms with van der Waals surface area (Å²) in [6.07, 6.45) is -2.70. The molecule has 0 aromatic heterocycles. The Bertz CT molecular complexity index is 536. The number of rotatable bonds is 2. The molecule has 0 spiro atoms. The van der Waals surface area contributed by atoms with Gasteiger partial charge in [-0.15, -0.1) is 0 Å². The van der Waals surface area contributed by atoms with Crippen molar-refractivity contribution in [1.82, 2.24) is 0 Å². The molecule has 2 rings (SSSR count). The van der Waals surface area contributed by atoms with Crippen molar-refractivity contribution in [2.24, 2.45) is 17.8 Å². The van der Waals surface area contributed by atoms with Gasteiger partial charge in [0, 0.05) is 11.5 Å². The molecule has 21 heavy (non-hydrogen) atoms. The fourth-order valence-electron chi connectivity index (χ4n) is 2.97. The van der Waals surface area contributed by atoms with Gasteiger partial charge < -0.3 is 0 Å². The van der Waals surface area contributed by atoms with E-state index in [-0.39, 0.29) is 5.92 Å². The fourth-order valence-corrected chi connectivity index (χ4v) is 2.97. The van der Waals surface area contributed by atoms with E-state index in [0.717, 1.165) is 12.5 Å². The molecule has 0 N–H and O–H groups in total. The molecule has 0 heterocycles. The van der Waals surface area contributed by atoms with Gasteiger partial charge in [0.05, 0.1) is 5.56 Å². The number of benzene rings is 1. The number of hydrogen-bond donors (Lipinski definition) is 0. The van der Waals surface area contributed by atoms with Crippen LogP contribution in [0.3, 0.4) is 0 Å². The van der Waals surface area contributed by atoms with E-state index in [4.69, 9.17) is 0 Å². The molecule has 1 aliphatic carbocycles. The monoisotopic (exact) mass is 302 g/mol. The number of carbonyl (C=O) groups is 1. The number of halogens is 4. The van der Waals surface area contributed by atoms with Crippen molar-refractivity contribution in [3.63, 3.8) is 0 Å². The van der Waals surface area contributed by atoms with E-state index in [1.807, 2.05) is 6.92 Å². The molecule has 0 bridgehead atoms. The van der Waals surface area contributed by atoms with Crippen LogP contribution in [0.5, 0.6) is 0 Å². The lowest BCUT2D eigenvalue weighted by Crippen LogP contribution is -2.28. The SMILES string of the molecule is CC1CCC(C(=O)c2cc(F)ccc2C(F)(F)F)CC1C. The topological polar surface area (TPSA) is 17.1 Å². The summed E-state index contributed by atoms with van der Waals surface area (Å²) in [6.45, 7) is 4.08. The van der Waals surface area contributed by atoms with Gasteiger partial charge in [-0.1, -0.05) is 13.8 Å². The molecule has 0 aliphatic heterocycles. The van der Waals surface area contributed by atoms with Crippen molar-refractivity contribution >= 4 is 5.78 Å². The van der Waals surface area contributed by atoms with Crippen molar-refractivity contribution < 1.29 is 22.4 Å². The number of ketones is 1. The van der Waals surface area contributed by atoms with Gasteiger partial charge in [0.25, 0.3) is 0 Å². The molecule has 3 atom stereocenters. The highest BCUT2D eigenvalue weighted by Gasteiger charge is 2.38. The van der Waals surface area contributed by atoms with Crippen molar-refractivity contribution in [2.45, 2.75) is 39.3 Å². The molecule has 1 saturated carbocycles. The lowest BCUT2D eigenvalue weighted by molar-refractivity contribution is -0.138. The maximum atomic E-state index is 13.3. The van der Waals surface area contributed by atoms with Gasteiger partial charge in [-0.2, -0.15) is 13.2 Å². The zero-order valence-corrected chi connectivity index (χ0v) is 12.0. The summed E-state index contributed by atoms with van der Waals surface area (Å²) in [5, 5.41) is 0. The Kier molecular flexibility index (Phi) is 4.40. The lowest BCUT2D eigenvalue weighted by Gasteiger charge is -2.31. The van der Waals surface area contributed by atoms with Crippen molar-refractivity contribution in [2.75, 3.05) is 0 Å². The first-order valence-corrected chi connectivity index (χ1v) is 7.11. The largest absolute Gasteiger partial charge is 0.417 e. The summed E-state index contributed by atoms with van der Waals surface area (Å²) in [5.74, 6) is -1.09. The molecule has 1 aliphatic rings. The normalized spacial score (nSPS) is 26.7. The highest BCUT2D eigenvalue weighted by atomic mass is 19.4. The van der Waals surface area contributed by atoms with Gasteiger partial charge in [-0.05, 0) is 49.3 Å². The smallest absolute Gasteiger partial charge is 0.294 e. The Morgan fingerprint density at radius 3 is 2.38 bits per heavy atom. The lowest BCUT2D eigenvalue weighted by atomic mass is 9.73. The van der Waals surface area contributed by atoms with Gasteiger partial charge in [0.1, 0.15) is 5.82 Å². The molecular formula is C16H18F4O. The predicted octanol–water partition coefficient (Wildman–Crippen LogP) is 5.10. The molecule has 1 nitrogen and oxygen atoms in total. The van der Waals surface area contributed by atoms with E-state index < -0.39 is 34.8 Å². The van der Waals surface area contributed by atoms with E-state index in [0.29, 0.717) is 30.9 Å². The second-order valence-corrected chi connectivity index (χ2v) is 6.02.